The van der Waals surface area contributed by atoms with E-state index in [0.29, 0.717) is 11.8 Å². The van der Waals surface area contributed by atoms with Crippen LogP contribution in [0.3, 0.4) is 0 Å². The third-order valence-corrected chi connectivity index (χ3v) is 4.35. The molecular weight excluding hydrogens is 216 g/mol. The van der Waals surface area contributed by atoms with Gasteiger partial charge in [-0.3, -0.25) is 5.10 Å². The van der Waals surface area contributed by atoms with Crippen LogP contribution in [-0.4, -0.2) is 21.3 Å². The number of rotatable bonds is 5. The second-order valence-electron chi connectivity index (χ2n) is 5.32. The van der Waals surface area contributed by atoms with Crippen LogP contribution in [0.15, 0.2) is 0 Å². The van der Waals surface area contributed by atoms with E-state index in [1.807, 2.05) is 0 Å². The summed E-state index contributed by atoms with van der Waals surface area (Å²) in [4.78, 5) is 11.0. The maximum absolute atomic E-state index is 11.0. The lowest BCUT2D eigenvalue weighted by molar-refractivity contribution is 0.0689. The van der Waals surface area contributed by atoms with Crippen molar-refractivity contribution in [1.82, 2.24) is 10.2 Å². The number of carboxylic acids is 1. The molecule has 0 saturated heterocycles. The molecule has 0 bridgehead atoms. The van der Waals surface area contributed by atoms with Gasteiger partial charge in [0.15, 0.2) is 5.69 Å². The minimum Gasteiger partial charge on any atom is -0.476 e. The maximum Gasteiger partial charge on any atom is 0.356 e. The number of nitrogens with zero attached hydrogens (tertiary/aromatic N) is 1. The Morgan fingerprint density at radius 2 is 2.35 bits per heavy atom. The van der Waals surface area contributed by atoms with E-state index in [0.717, 1.165) is 23.6 Å². The van der Waals surface area contributed by atoms with Crippen molar-refractivity contribution in [3.05, 3.63) is 17.0 Å². The monoisotopic (exact) mass is 234 g/mol. The van der Waals surface area contributed by atoms with Crippen molar-refractivity contribution < 1.29 is 9.90 Å². The average molecular weight is 234 g/mol. The van der Waals surface area contributed by atoms with Gasteiger partial charge >= 0.3 is 5.97 Å². The standard InChI is InChI=1S/C13H18N2O2/c1-2-3-4-5-7-8-6-9-11(10(7)8)14-15-12(9)13(16)17/h7-8,10H,2-6H2,1H3,(H,14,15)(H,16,17)/t7-,8+,10-/m1/s1. The third kappa shape index (κ3) is 1.58. The largest absolute Gasteiger partial charge is 0.476 e. The van der Waals surface area contributed by atoms with Crippen LogP contribution in [0.2, 0.25) is 0 Å². The highest BCUT2D eigenvalue weighted by Crippen LogP contribution is 2.63. The number of carboxylic acid groups (broad SMARTS) is 1. The number of aromatic carboxylic acids is 1. The Morgan fingerprint density at radius 1 is 1.53 bits per heavy atom. The Balaban J connectivity index is 1.68. The number of H-pyrrole nitrogens is 1. The van der Waals surface area contributed by atoms with E-state index in [1.54, 1.807) is 0 Å². The molecule has 92 valence electrons. The van der Waals surface area contributed by atoms with Crippen molar-refractivity contribution in [2.45, 2.75) is 44.9 Å². The Hall–Kier alpha value is -1.32. The molecule has 0 radical (unpaired) electrons. The summed E-state index contributed by atoms with van der Waals surface area (Å²) in [5.41, 5.74) is 2.34. The topological polar surface area (TPSA) is 66.0 Å². The highest BCUT2D eigenvalue weighted by atomic mass is 16.4. The van der Waals surface area contributed by atoms with E-state index < -0.39 is 5.97 Å². The summed E-state index contributed by atoms with van der Waals surface area (Å²) < 4.78 is 0. The van der Waals surface area contributed by atoms with Gasteiger partial charge in [0, 0.05) is 17.2 Å². The Kier molecular flexibility index (Phi) is 2.45. The smallest absolute Gasteiger partial charge is 0.356 e. The Morgan fingerprint density at radius 3 is 3.06 bits per heavy atom. The third-order valence-electron chi connectivity index (χ3n) is 4.35. The van der Waals surface area contributed by atoms with E-state index >= 15 is 0 Å². The number of nitrogens with one attached hydrogen (secondary N) is 1. The number of unbranched alkanes of at least 4 members (excludes halogenated alkanes) is 2. The zero-order valence-electron chi connectivity index (χ0n) is 10.1. The van der Waals surface area contributed by atoms with Gasteiger partial charge in [-0.05, 0) is 24.7 Å². The predicted octanol–water partition coefficient (Wildman–Crippen LogP) is 2.57. The minimum atomic E-state index is -0.897. The molecule has 0 spiro atoms. The first kappa shape index (κ1) is 10.8. The number of hydrogen-bond donors (Lipinski definition) is 2. The predicted molar refractivity (Wildman–Crippen MR) is 63.1 cm³/mol. The number of carbonyl (C=O) groups is 1. The summed E-state index contributed by atoms with van der Waals surface area (Å²) in [6.45, 7) is 2.22. The fraction of sp³-hybridized carbons (Fsp3) is 0.692. The molecule has 1 saturated carbocycles. The molecule has 1 heterocycles. The van der Waals surface area contributed by atoms with E-state index in [9.17, 15) is 4.79 Å². The summed E-state index contributed by atoms with van der Waals surface area (Å²) >= 11 is 0. The van der Waals surface area contributed by atoms with Crippen molar-refractivity contribution in [2.75, 3.05) is 0 Å². The minimum absolute atomic E-state index is 0.250. The summed E-state index contributed by atoms with van der Waals surface area (Å²) in [6, 6.07) is 0. The molecule has 0 unspecified atom stereocenters. The van der Waals surface area contributed by atoms with Crippen LogP contribution in [0.4, 0.5) is 0 Å². The van der Waals surface area contributed by atoms with E-state index in [4.69, 9.17) is 5.11 Å². The first-order valence-electron chi connectivity index (χ1n) is 6.54. The van der Waals surface area contributed by atoms with Crippen molar-refractivity contribution in [1.29, 1.82) is 0 Å². The Labute approximate surface area is 100 Å². The fourth-order valence-corrected chi connectivity index (χ4v) is 3.45. The highest BCUT2D eigenvalue weighted by Gasteiger charge is 2.57. The highest BCUT2D eigenvalue weighted by molar-refractivity contribution is 5.87. The van der Waals surface area contributed by atoms with Crippen molar-refractivity contribution in [2.24, 2.45) is 11.8 Å². The molecule has 4 nitrogen and oxygen atoms in total. The van der Waals surface area contributed by atoms with Crippen LogP contribution in [0.1, 0.15) is 60.3 Å². The SMILES string of the molecule is CCCCC[C@@H]1[C@@H]2Cc3c(C(=O)O)n[nH]c3[C@H]12. The molecule has 1 fully saturated rings. The van der Waals surface area contributed by atoms with Crippen molar-refractivity contribution >= 4 is 5.97 Å². The molecular formula is C13H18N2O2. The van der Waals surface area contributed by atoms with Crippen LogP contribution in [0.5, 0.6) is 0 Å². The first-order chi connectivity index (χ1) is 8.24. The maximum atomic E-state index is 11.0. The number of aromatic amines is 1. The first-order valence-corrected chi connectivity index (χ1v) is 6.54. The molecule has 2 aliphatic rings. The average Bonchev–Trinajstić information content (AvgIpc) is 2.68. The lowest BCUT2D eigenvalue weighted by Crippen LogP contribution is -2.02. The number of fused-ring (bicyclic) bond motifs is 3. The Bertz CT molecular complexity index is 452. The molecule has 0 aromatic carbocycles. The molecule has 17 heavy (non-hydrogen) atoms. The second-order valence-corrected chi connectivity index (χ2v) is 5.32. The van der Waals surface area contributed by atoms with Crippen molar-refractivity contribution in [3.8, 4) is 0 Å². The van der Waals surface area contributed by atoms with Gasteiger partial charge in [-0.15, -0.1) is 0 Å². The summed E-state index contributed by atoms with van der Waals surface area (Å²) in [5, 5.41) is 15.9. The van der Waals surface area contributed by atoms with E-state index in [2.05, 4.69) is 17.1 Å². The lowest BCUT2D eigenvalue weighted by Gasteiger charge is -2.03. The molecule has 1 aromatic heterocycles. The molecule has 3 rings (SSSR count). The van der Waals surface area contributed by atoms with Gasteiger partial charge in [-0.2, -0.15) is 5.10 Å². The number of aromatic nitrogens is 2. The quantitative estimate of drug-likeness (QED) is 0.769. The molecule has 0 amide bonds. The second kappa shape index (κ2) is 3.86. The van der Waals surface area contributed by atoms with Gasteiger partial charge in [0.25, 0.3) is 0 Å². The van der Waals surface area contributed by atoms with Gasteiger partial charge in [0.2, 0.25) is 0 Å². The van der Waals surface area contributed by atoms with Crippen LogP contribution >= 0.6 is 0 Å². The zero-order chi connectivity index (χ0) is 12.0. The molecule has 2 N–H and O–H groups in total. The summed E-state index contributed by atoms with van der Waals surface area (Å²) in [5.74, 6) is 1.18. The summed E-state index contributed by atoms with van der Waals surface area (Å²) in [7, 11) is 0. The van der Waals surface area contributed by atoms with E-state index in [-0.39, 0.29) is 5.69 Å². The van der Waals surface area contributed by atoms with Gasteiger partial charge in [-0.25, -0.2) is 4.79 Å². The lowest BCUT2D eigenvalue weighted by atomic mass is 10.0. The van der Waals surface area contributed by atoms with Gasteiger partial charge in [-0.1, -0.05) is 26.2 Å². The normalized spacial score (nSPS) is 28.9. The van der Waals surface area contributed by atoms with Crippen molar-refractivity contribution in [3.63, 3.8) is 0 Å². The molecule has 3 atom stereocenters. The fourth-order valence-electron chi connectivity index (χ4n) is 3.45. The van der Waals surface area contributed by atoms with E-state index in [1.165, 1.54) is 25.7 Å². The van der Waals surface area contributed by atoms with Crippen LogP contribution in [-0.2, 0) is 6.42 Å². The molecule has 4 heteroatoms. The zero-order valence-corrected chi connectivity index (χ0v) is 10.1. The molecule has 2 aliphatic carbocycles. The summed E-state index contributed by atoms with van der Waals surface area (Å²) in [6.07, 6.45) is 6.11. The van der Waals surface area contributed by atoms with Gasteiger partial charge in [0.05, 0.1) is 0 Å². The van der Waals surface area contributed by atoms with Gasteiger partial charge < -0.3 is 5.11 Å². The molecule has 0 aliphatic heterocycles. The van der Waals surface area contributed by atoms with Crippen LogP contribution < -0.4 is 0 Å². The molecule has 1 aromatic rings. The van der Waals surface area contributed by atoms with Crippen LogP contribution in [0, 0.1) is 11.8 Å². The number of hydrogen-bond acceptors (Lipinski definition) is 2. The van der Waals surface area contributed by atoms with Crippen LogP contribution in [0.25, 0.3) is 0 Å². The van der Waals surface area contributed by atoms with Gasteiger partial charge in [0.1, 0.15) is 0 Å².